The molecule has 0 saturated heterocycles. The molecule has 1 radical (unpaired) electrons. The first kappa shape index (κ1) is 12.0. The fraction of sp³-hybridized carbons (Fsp3) is 0.909. The van der Waals surface area contributed by atoms with Crippen molar-refractivity contribution < 1.29 is 4.74 Å². The molecule has 0 bridgehead atoms. The zero-order valence-corrected chi connectivity index (χ0v) is 8.48. The molecule has 1 nitrogen and oxygen atoms in total. The molecule has 0 amide bonds. The average Bonchev–Trinajstić information content (AvgIpc) is 2.10. The van der Waals surface area contributed by atoms with Crippen molar-refractivity contribution in [3.8, 4) is 0 Å². The van der Waals surface area contributed by atoms with Crippen LogP contribution in [-0.4, -0.2) is 13.2 Å². The van der Waals surface area contributed by atoms with Gasteiger partial charge in [0.1, 0.15) is 0 Å². The Bertz CT molecular complexity index is 61.4. The molecule has 0 N–H and O–H groups in total. The summed E-state index contributed by atoms with van der Waals surface area (Å²) >= 11 is 0. The minimum Gasteiger partial charge on any atom is -0.381 e. The summed E-state index contributed by atoms with van der Waals surface area (Å²) in [7, 11) is 0. The van der Waals surface area contributed by atoms with Crippen molar-refractivity contribution in [1.29, 1.82) is 0 Å². The highest BCUT2D eigenvalue weighted by atomic mass is 16.5. The lowest BCUT2D eigenvalue weighted by atomic mass is 10.2. The Morgan fingerprint density at radius 1 is 0.917 bits per heavy atom. The third kappa shape index (κ3) is 9.96. The van der Waals surface area contributed by atoms with Gasteiger partial charge in [-0.2, -0.15) is 0 Å². The second-order valence-corrected chi connectivity index (χ2v) is 3.23. The molecule has 0 aromatic carbocycles. The van der Waals surface area contributed by atoms with E-state index in [9.17, 15) is 0 Å². The second kappa shape index (κ2) is 11.0. The standard InChI is InChI=1S/C11H23O/c1-3-5-7-9-11-12-10-8-6-4-2/h1,3-11H2,2H3. The lowest BCUT2D eigenvalue weighted by Crippen LogP contribution is -1.96. The van der Waals surface area contributed by atoms with Gasteiger partial charge in [-0.3, -0.25) is 0 Å². The number of rotatable bonds is 9. The van der Waals surface area contributed by atoms with Crippen molar-refractivity contribution in [3.63, 3.8) is 0 Å². The topological polar surface area (TPSA) is 9.23 Å². The SMILES string of the molecule is [CH2]CCCCCOCCCCC. The van der Waals surface area contributed by atoms with Crippen molar-refractivity contribution in [2.45, 2.75) is 51.9 Å². The molecule has 0 spiro atoms. The maximum absolute atomic E-state index is 5.46. The van der Waals surface area contributed by atoms with Gasteiger partial charge < -0.3 is 4.74 Å². The Labute approximate surface area is 77.5 Å². The van der Waals surface area contributed by atoms with Crippen molar-refractivity contribution in [2.75, 3.05) is 13.2 Å². The molecule has 0 aliphatic carbocycles. The molecule has 0 aromatic rings. The van der Waals surface area contributed by atoms with Crippen LogP contribution in [0.3, 0.4) is 0 Å². The minimum absolute atomic E-state index is 0.948. The first-order valence-electron chi connectivity index (χ1n) is 5.28. The number of hydrogen-bond acceptors (Lipinski definition) is 1. The summed E-state index contributed by atoms with van der Waals surface area (Å²) in [5.41, 5.74) is 0. The lowest BCUT2D eigenvalue weighted by molar-refractivity contribution is 0.126. The Kier molecular flexibility index (Phi) is 10.9. The summed E-state index contributed by atoms with van der Waals surface area (Å²) in [6.07, 6.45) is 8.61. The highest BCUT2D eigenvalue weighted by Crippen LogP contribution is 2.00. The molecule has 0 aliphatic heterocycles. The molecule has 1 heteroatoms. The van der Waals surface area contributed by atoms with Crippen LogP contribution in [-0.2, 0) is 4.74 Å². The highest BCUT2D eigenvalue weighted by Gasteiger charge is 1.89. The summed E-state index contributed by atoms with van der Waals surface area (Å²) in [6.45, 7) is 7.92. The molecule has 0 aliphatic rings. The fourth-order valence-corrected chi connectivity index (χ4v) is 1.11. The third-order valence-corrected chi connectivity index (χ3v) is 1.93. The summed E-state index contributed by atoms with van der Waals surface area (Å²) in [5.74, 6) is 0. The van der Waals surface area contributed by atoms with E-state index in [2.05, 4.69) is 13.8 Å². The Balaban J connectivity index is 2.73. The average molecular weight is 171 g/mol. The molecule has 73 valence electrons. The zero-order chi connectivity index (χ0) is 9.07. The van der Waals surface area contributed by atoms with Crippen molar-refractivity contribution in [1.82, 2.24) is 0 Å². The molecule has 0 unspecified atom stereocenters. The highest BCUT2D eigenvalue weighted by molar-refractivity contribution is 4.44. The number of unbranched alkanes of at least 4 members (excludes halogenated alkanes) is 5. The van der Waals surface area contributed by atoms with Gasteiger partial charge in [-0.25, -0.2) is 0 Å². The van der Waals surface area contributed by atoms with Crippen LogP contribution in [0.2, 0.25) is 0 Å². The normalized spacial score (nSPS) is 10.5. The van der Waals surface area contributed by atoms with E-state index in [0.717, 1.165) is 19.6 Å². The van der Waals surface area contributed by atoms with Crippen LogP contribution in [0, 0.1) is 6.92 Å². The first-order valence-corrected chi connectivity index (χ1v) is 5.28. The van der Waals surface area contributed by atoms with Crippen LogP contribution in [0.5, 0.6) is 0 Å². The molecule has 0 fully saturated rings. The predicted molar refractivity (Wildman–Crippen MR) is 54.2 cm³/mol. The van der Waals surface area contributed by atoms with E-state index in [1.807, 2.05) is 0 Å². The van der Waals surface area contributed by atoms with Gasteiger partial charge in [0.25, 0.3) is 0 Å². The number of ether oxygens (including phenoxy) is 1. The summed E-state index contributed by atoms with van der Waals surface area (Å²) in [4.78, 5) is 0. The van der Waals surface area contributed by atoms with E-state index in [1.165, 1.54) is 38.5 Å². The van der Waals surface area contributed by atoms with Crippen molar-refractivity contribution >= 4 is 0 Å². The molecule has 12 heavy (non-hydrogen) atoms. The Morgan fingerprint density at radius 3 is 2.17 bits per heavy atom. The molecule has 0 saturated carbocycles. The minimum atomic E-state index is 0.948. The van der Waals surface area contributed by atoms with Gasteiger partial charge >= 0.3 is 0 Å². The first-order chi connectivity index (χ1) is 5.91. The Hall–Kier alpha value is -0.0400. The molecule has 0 atom stereocenters. The fourth-order valence-electron chi connectivity index (χ4n) is 1.11. The molecular formula is C11H23O. The number of hydrogen-bond donors (Lipinski definition) is 0. The second-order valence-electron chi connectivity index (χ2n) is 3.23. The van der Waals surface area contributed by atoms with Gasteiger partial charge in [0, 0.05) is 13.2 Å². The molecule has 0 aromatic heterocycles. The van der Waals surface area contributed by atoms with Gasteiger partial charge in [0.15, 0.2) is 0 Å². The van der Waals surface area contributed by atoms with Gasteiger partial charge in [-0.15, -0.1) is 0 Å². The van der Waals surface area contributed by atoms with E-state index in [1.54, 1.807) is 0 Å². The van der Waals surface area contributed by atoms with Crippen LogP contribution in [0.25, 0.3) is 0 Å². The smallest absolute Gasteiger partial charge is 0.0466 e. The largest absolute Gasteiger partial charge is 0.381 e. The molecular weight excluding hydrogens is 148 g/mol. The maximum Gasteiger partial charge on any atom is 0.0466 e. The van der Waals surface area contributed by atoms with Crippen molar-refractivity contribution in [2.24, 2.45) is 0 Å². The lowest BCUT2D eigenvalue weighted by Gasteiger charge is -2.02. The molecule has 0 rings (SSSR count). The Morgan fingerprint density at radius 2 is 1.58 bits per heavy atom. The van der Waals surface area contributed by atoms with E-state index < -0.39 is 0 Å². The monoisotopic (exact) mass is 171 g/mol. The predicted octanol–water partition coefficient (Wildman–Crippen LogP) is 3.59. The van der Waals surface area contributed by atoms with Gasteiger partial charge in [-0.05, 0) is 12.8 Å². The summed E-state index contributed by atoms with van der Waals surface area (Å²) in [5, 5.41) is 0. The summed E-state index contributed by atoms with van der Waals surface area (Å²) in [6, 6.07) is 0. The zero-order valence-electron chi connectivity index (χ0n) is 8.48. The van der Waals surface area contributed by atoms with E-state index in [4.69, 9.17) is 4.74 Å². The maximum atomic E-state index is 5.46. The van der Waals surface area contributed by atoms with E-state index in [0.29, 0.717) is 0 Å². The van der Waals surface area contributed by atoms with Gasteiger partial charge in [0.05, 0.1) is 0 Å². The van der Waals surface area contributed by atoms with Gasteiger partial charge in [0.2, 0.25) is 0 Å². The van der Waals surface area contributed by atoms with E-state index >= 15 is 0 Å². The van der Waals surface area contributed by atoms with Crippen LogP contribution in [0.4, 0.5) is 0 Å². The van der Waals surface area contributed by atoms with Crippen LogP contribution in [0.1, 0.15) is 51.9 Å². The third-order valence-electron chi connectivity index (χ3n) is 1.93. The summed E-state index contributed by atoms with van der Waals surface area (Å²) < 4.78 is 5.46. The van der Waals surface area contributed by atoms with Gasteiger partial charge in [-0.1, -0.05) is 46.0 Å². The van der Waals surface area contributed by atoms with E-state index in [-0.39, 0.29) is 0 Å². The van der Waals surface area contributed by atoms with Crippen LogP contribution < -0.4 is 0 Å². The van der Waals surface area contributed by atoms with Crippen molar-refractivity contribution in [3.05, 3.63) is 6.92 Å². The van der Waals surface area contributed by atoms with Crippen LogP contribution in [0.15, 0.2) is 0 Å². The quantitative estimate of drug-likeness (QED) is 0.482. The molecule has 0 heterocycles. The van der Waals surface area contributed by atoms with Crippen LogP contribution >= 0.6 is 0 Å².